The van der Waals surface area contributed by atoms with E-state index in [1.807, 2.05) is 18.2 Å². The molecule has 0 unspecified atom stereocenters. The molecule has 9 heteroatoms. The summed E-state index contributed by atoms with van der Waals surface area (Å²) in [6, 6.07) is 17.8. The minimum atomic E-state index is -4.09. The molecular weight excluding hydrogens is 385 g/mol. The van der Waals surface area contributed by atoms with Gasteiger partial charge in [-0.05, 0) is 54.6 Å². The number of nitrogens with zero attached hydrogens (tertiary/aromatic N) is 2. The summed E-state index contributed by atoms with van der Waals surface area (Å²) in [4.78, 5) is 10.6. The third-order valence-corrected chi connectivity index (χ3v) is 5.01. The third kappa shape index (κ3) is 4.57. The molecule has 0 fully saturated rings. The van der Waals surface area contributed by atoms with Gasteiger partial charge >= 0.3 is 5.97 Å². The second kappa shape index (κ2) is 7.97. The predicted molar refractivity (Wildman–Crippen MR) is 101 cm³/mol. The number of nitrogens with one attached hydrogen (secondary N) is 1. The van der Waals surface area contributed by atoms with E-state index in [2.05, 4.69) is 15.0 Å². The number of rotatable bonds is 6. The maximum absolute atomic E-state index is 13.5. The molecule has 142 valence electrons. The Kier molecular flexibility index (Phi) is 5.46. The summed E-state index contributed by atoms with van der Waals surface area (Å²) in [7, 11) is -4.09. The Morgan fingerprint density at radius 1 is 0.893 bits per heavy atom. The number of aromatic carboxylic acids is 1. The molecule has 0 aliphatic carbocycles. The van der Waals surface area contributed by atoms with Crippen LogP contribution in [0.2, 0.25) is 0 Å². The largest absolute Gasteiger partial charge is 0.478 e. The number of hydrogen-bond acceptors (Lipinski definition) is 5. The monoisotopic (exact) mass is 399 g/mol. The van der Waals surface area contributed by atoms with Gasteiger partial charge in [-0.1, -0.05) is 18.2 Å². The average Bonchev–Trinajstić information content (AvgIpc) is 2.68. The second-order valence-corrected chi connectivity index (χ2v) is 7.32. The van der Waals surface area contributed by atoms with Crippen molar-refractivity contribution in [2.45, 2.75) is 4.90 Å². The summed E-state index contributed by atoms with van der Waals surface area (Å²) >= 11 is 0. The molecule has 0 heterocycles. The summed E-state index contributed by atoms with van der Waals surface area (Å²) in [5.74, 6) is -2.57. The Balaban J connectivity index is 1.77. The molecule has 0 spiro atoms. The quantitative estimate of drug-likeness (QED) is 0.584. The Labute approximate surface area is 160 Å². The van der Waals surface area contributed by atoms with Crippen molar-refractivity contribution in [2.75, 3.05) is 4.72 Å². The van der Waals surface area contributed by atoms with E-state index in [0.717, 1.165) is 18.2 Å². The molecule has 28 heavy (non-hydrogen) atoms. The van der Waals surface area contributed by atoms with Crippen LogP contribution < -0.4 is 4.72 Å². The van der Waals surface area contributed by atoms with Crippen molar-refractivity contribution in [3.8, 4) is 0 Å². The van der Waals surface area contributed by atoms with Crippen LogP contribution in [0.3, 0.4) is 0 Å². The molecule has 3 rings (SSSR count). The van der Waals surface area contributed by atoms with Crippen molar-refractivity contribution in [3.63, 3.8) is 0 Å². The second-order valence-electron chi connectivity index (χ2n) is 5.63. The van der Waals surface area contributed by atoms with Crippen molar-refractivity contribution in [1.29, 1.82) is 0 Å². The molecule has 0 aliphatic heterocycles. The predicted octanol–water partition coefficient (Wildman–Crippen LogP) is 4.74. The van der Waals surface area contributed by atoms with Gasteiger partial charge in [0.1, 0.15) is 5.82 Å². The Hall–Kier alpha value is -3.59. The molecule has 3 aromatic rings. The molecule has 0 aromatic heterocycles. The van der Waals surface area contributed by atoms with Crippen molar-refractivity contribution in [1.82, 2.24) is 0 Å². The van der Waals surface area contributed by atoms with Crippen LogP contribution in [0, 0.1) is 5.82 Å². The molecule has 0 aliphatic rings. The smallest absolute Gasteiger partial charge is 0.338 e. The summed E-state index contributed by atoms with van der Waals surface area (Å²) in [5, 5.41) is 17.0. The van der Waals surface area contributed by atoms with Gasteiger partial charge in [0, 0.05) is 5.69 Å². The molecule has 0 radical (unpaired) electrons. The van der Waals surface area contributed by atoms with Crippen molar-refractivity contribution < 1.29 is 22.7 Å². The van der Waals surface area contributed by atoms with Crippen LogP contribution in [-0.4, -0.2) is 19.5 Å². The minimum absolute atomic E-state index is 0.236. The van der Waals surface area contributed by atoms with Gasteiger partial charge in [0.05, 0.1) is 21.8 Å². The van der Waals surface area contributed by atoms with Gasteiger partial charge in [-0.2, -0.15) is 10.2 Å². The molecule has 3 aromatic carbocycles. The topological polar surface area (TPSA) is 108 Å². The zero-order valence-electron chi connectivity index (χ0n) is 14.3. The van der Waals surface area contributed by atoms with Crippen LogP contribution in [0.4, 0.5) is 21.5 Å². The summed E-state index contributed by atoms with van der Waals surface area (Å²) < 4.78 is 40.6. The van der Waals surface area contributed by atoms with Gasteiger partial charge in [-0.15, -0.1) is 0 Å². The summed E-state index contributed by atoms with van der Waals surface area (Å²) in [5.41, 5.74) is 0.707. The Morgan fingerprint density at radius 3 is 2.11 bits per heavy atom. The zero-order valence-corrected chi connectivity index (χ0v) is 15.1. The molecule has 0 amide bonds. The first-order valence-corrected chi connectivity index (χ1v) is 9.46. The lowest BCUT2D eigenvalue weighted by molar-refractivity contribution is 0.0691. The first-order chi connectivity index (χ1) is 13.3. The van der Waals surface area contributed by atoms with E-state index in [0.29, 0.717) is 11.4 Å². The third-order valence-electron chi connectivity index (χ3n) is 3.64. The lowest BCUT2D eigenvalue weighted by Crippen LogP contribution is -2.14. The van der Waals surface area contributed by atoms with Gasteiger partial charge in [0.15, 0.2) is 0 Å². The number of azo groups is 1. The molecule has 0 atom stereocenters. The molecule has 0 saturated heterocycles. The molecular formula is C19H14FN3O4S. The SMILES string of the molecule is O=C(O)c1cc(S(=O)(=O)Nc2ccc(N=Nc3ccccc3)cc2)ccc1F. The molecule has 0 bridgehead atoms. The fraction of sp³-hybridized carbons (Fsp3) is 0. The first kappa shape index (κ1) is 19.2. The number of carbonyl (C=O) groups is 1. The van der Waals surface area contributed by atoms with Crippen LogP contribution in [-0.2, 0) is 10.0 Å². The minimum Gasteiger partial charge on any atom is -0.478 e. The number of hydrogen-bond donors (Lipinski definition) is 2. The van der Waals surface area contributed by atoms with E-state index in [1.165, 1.54) is 12.1 Å². The Morgan fingerprint density at radius 2 is 1.50 bits per heavy atom. The lowest BCUT2D eigenvalue weighted by atomic mass is 10.2. The van der Waals surface area contributed by atoms with Gasteiger partial charge in [0.25, 0.3) is 10.0 Å². The van der Waals surface area contributed by atoms with Gasteiger partial charge in [0.2, 0.25) is 0 Å². The highest BCUT2D eigenvalue weighted by molar-refractivity contribution is 7.92. The van der Waals surface area contributed by atoms with Gasteiger partial charge < -0.3 is 5.11 Å². The maximum atomic E-state index is 13.5. The van der Waals surface area contributed by atoms with Crippen molar-refractivity contribution in [2.24, 2.45) is 10.2 Å². The van der Waals surface area contributed by atoms with E-state index in [1.54, 1.807) is 24.3 Å². The van der Waals surface area contributed by atoms with E-state index < -0.39 is 27.4 Å². The van der Waals surface area contributed by atoms with Crippen LogP contribution in [0.25, 0.3) is 0 Å². The highest BCUT2D eigenvalue weighted by atomic mass is 32.2. The fourth-order valence-corrected chi connectivity index (χ4v) is 3.34. The van der Waals surface area contributed by atoms with E-state index in [-0.39, 0.29) is 10.6 Å². The van der Waals surface area contributed by atoms with Gasteiger partial charge in [-0.3, -0.25) is 4.72 Å². The van der Waals surface area contributed by atoms with Crippen molar-refractivity contribution >= 4 is 33.1 Å². The fourth-order valence-electron chi connectivity index (χ4n) is 2.26. The number of halogens is 1. The number of anilines is 1. The maximum Gasteiger partial charge on any atom is 0.338 e. The Bertz CT molecular complexity index is 1130. The van der Waals surface area contributed by atoms with Gasteiger partial charge in [-0.25, -0.2) is 17.6 Å². The zero-order chi connectivity index (χ0) is 20.1. The van der Waals surface area contributed by atoms with Crippen LogP contribution >= 0.6 is 0 Å². The number of benzene rings is 3. The van der Waals surface area contributed by atoms with Crippen LogP contribution in [0.15, 0.2) is 87.9 Å². The lowest BCUT2D eigenvalue weighted by Gasteiger charge is -2.09. The molecule has 7 nitrogen and oxygen atoms in total. The number of sulfonamides is 1. The summed E-state index contributed by atoms with van der Waals surface area (Å²) in [6.07, 6.45) is 0. The highest BCUT2D eigenvalue weighted by Crippen LogP contribution is 2.23. The van der Waals surface area contributed by atoms with Crippen LogP contribution in [0.5, 0.6) is 0 Å². The van der Waals surface area contributed by atoms with Crippen LogP contribution in [0.1, 0.15) is 10.4 Å². The number of carboxylic acids is 1. The normalized spacial score (nSPS) is 11.5. The van der Waals surface area contributed by atoms with E-state index >= 15 is 0 Å². The average molecular weight is 399 g/mol. The first-order valence-electron chi connectivity index (χ1n) is 7.98. The molecule has 2 N–H and O–H groups in total. The number of carboxylic acid groups (broad SMARTS) is 1. The standard InChI is InChI=1S/C19H14FN3O4S/c20-18-11-10-16(12-17(18)19(24)25)28(26,27)23-15-8-6-14(7-9-15)22-21-13-4-2-1-3-5-13/h1-12,23H,(H,24,25). The van der Waals surface area contributed by atoms with E-state index in [9.17, 15) is 17.6 Å². The van der Waals surface area contributed by atoms with E-state index in [4.69, 9.17) is 5.11 Å². The summed E-state index contributed by atoms with van der Waals surface area (Å²) in [6.45, 7) is 0. The molecule has 0 saturated carbocycles. The van der Waals surface area contributed by atoms with Crippen molar-refractivity contribution in [3.05, 3.63) is 84.2 Å². The highest BCUT2D eigenvalue weighted by Gasteiger charge is 2.19.